The van der Waals surface area contributed by atoms with E-state index in [1.807, 2.05) is 25.2 Å². The number of hydrogen-bond donors (Lipinski definition) is 0. The molecule has 2 aromatic rings. The molecule has 0 unspecified atom stereocenters. The molecule has 1 fully saturated rings. The van der Waals surface area contributed by atoms with E-state index in [-0.39, 0.29) is 12.1 Å². The molecular weight excluding hydrogens is 352 g/mol. The van der Waals surface area contributed by atoms with E-state index in [2.05, 4.69) is 6.92 Å². The van der Waals surface area contributed by atoms with Crippen molar-refractivity contribution >= 4 is 39.3 Å². The number of fused-ring (bicyclic) bond motifs is 3. The zero-order chi connectivity index (χ0) is 17.6. The second-order valence-corrected chi connectivity index (χ2v) is 9.57. The Morgan fingerprint density at radius 3 is 2.84 bits per heavy atom. The van der Waals surface area contributed by atoms with Gasteiger partial charge in [-0.3, -0.25) is 4.79 Å². The zero-order valence-corrected chi connectivity index (χ0v) is 16.6. The van der Waals surface area contributed by atoms with Gasteiger partial charge in [-0.05, 0) is 57.4 Å². The van der Waals surface area contributed by atoms with Crippen LogP contribution in [-0.4, -0.2) is 27.8 Å². The standard InChI is InChI=1S/C19H24N2O2S2/c1-10(2)23-15(22)9-24-18-16-13-7-4-11(3)8-14(13)25-19(16)21-17(20-18)12-5-6-12/h10-12H,4-9H2,1-3H3/t11-/m1/s1. The van der Waals surface area contributed by atoms with Gasteiger partial charge in [0.1, 0.15) is 15.7 Å². The normalized spacial score (nSPS) is 20.1. The van der Waals surface area contributed by atoms with Crippen molar-refractivity contribution in [2.75, 3.05) is 5.75 Å². The van der Waals surface area contributed by atoms with Crippen LogP contribution in [0.3, 0.4) is 0 Å². The van der Waals surface area contributed by atoms with Crippen LogP contribution in [-0.2, 0) is 22.4 Å². The third-order valence-electron chi connectivity index (χ3n) is 4.78. The van der Waals surface area contributed by atoms with E-state index in [0.29, 0.717) is 11.7 Å². The minimum atomic E-state index is -0.169. The summed E-state index contributed by atoms with van der Waals surface area (Å²) in [7, 11) is 0. The average molecular weight is 377 g/mol. The van der Waals surface area contributed by atoms with Gasteiger partial charge in [0.15, 0.2) is 0 Å². The molecule has 2 aliphatic rings. The molecule has 25 heavy (non-hydrogen) atoms. The molecule has 2 aliphatic carbocycles. The molecule has 0 amide bonds. The highest BCUT2D eigenvalue weighted by Gasteiger charge is 2.30. The van der Waals surface area contributed by atoms with Gasteiger partial charge in [0.2, 0.25) is 0 Å². The van der Waals surface area contributed by atoms with Gasteiger partial charge in [-0.2, -0.15) is 0 Å². The number of thiophene rings is 1. The van der Waals surface area contributed by atoms with Gasteiger partial charge in [-0.25, -0.2) is 9.97 Å². The van der Waals surface area contributed by atoms with Crippen molar-refractivity contribution in [3.8, 4) is 0 Å². The van der Waals surface area contributed by atoms with E-state index in [0.717, 1.165) is 34.4 Å². The van der Waals surface area contributed by atoms with Crippen molar-refractivity contribution in [3.05, 3.63) is 16.3 Å². The highest BCUT2D eigenvalue weighted by molar-refractivity contribution is 8.00. The molecule has 1 atom stereocenters. The van der Waals surface area contributed by atoms with Crippen molar-refractivity contribution in [3.63, 3.8) is 0 Å². The molecule has 134 valence electrons. The summed E-state index contributed by atoms with van der Waals surface area (Å²) in [4.78, 5) is 24.3. The minimum Gasteiger partial charge on any atom is -0.462 e. The summed E-state index contributed by atoms with van der Waals surface area (Å²) in [5.41, 5.74) is 1.43. The molecule has 0 N–H and O–H groups in total. The lowest BCUT2D eigenvalue weighted by atomic mass is 9.89. The number of aryl methyl sites for hydroxylation is 1. The first kappa shape index (κ1) is 17.3. The van der Waals surface area contributed by atoms with Crippen LogP contribution in [0.2, 0.25) is 0 Å². The van der Waals surface area contributed by atoms with Gasteiger partial charge >= 0.3 is 5.97 Å². The summed E-state index contributed by atoms with van der Waals surface area (Å²) in [5, 5.41) is 2.19. The molecule has 0 saturated heterocycles. The fourth-order valence-corrected chi connectivity index (χ4v) is 5.68. The van der Waals surface area contributed by atoms with E-state index < -0.39 is 0 Å². The number of carbonyl (C=O) groups excluding carboxylic acids is 1. The van der Waals surface area contributed by atoms with Crippen molar-refractivity contribution in [2.24, 2.45) is 5.92 Å². The summed E-state index contributed by atoms with van der Waals surface area (Å²) in [6.45, 7) is 6.09. The Labute approximate surface area is 156 Å². The summed E-state index contributed by atoms with van der Waals surface area (Å²) in [6.07, 6.45) is 5.78. The van der Waals surface area contributed by atoms with Crippen LogP contribution in [0.4, 0.5) is 0 Å². The summed E-state index contributed by atoms with van der Waals surface area (Å²) >= 11 is 3.36. The molecule has 0 aromatic carbocycles. The molecule has 4 rings (SSSR count). The van der Waals surface area contributed by atoms with Gasteiger partial charge in [-0.1, -0.05) is 18.7 Å². The van der Waals surface area contributed by atoms with Crippen LogP contribution in [0.5, 0.6) is 0 Å². The lowest BCUT2D eigenvalue weighted by Gasteiger charge is -2.18. The zero-order valence-electron chi connectivity index (χ0n) is 15.0. The third kappa shape index (κ3) is 3.70. The maximum absolute atomic E-state index is 12.0. The van der Waals surface area contributed by atoms with E-state index in [9.17, 15) is 4.79 Å². The number of nitrogens with zero attached hydrogens (tertiary/aromatic N) is 2. The first-order valence-electron chi connectivity index (χ1n) is 9.15. The lowest BCUT2D eigenvalue weighted by Crippen LogP contribution is -2.13. The molecule has 2 heterocycles. The van der Waals surface area contributed by atoms with E-state index in [4.69, 9.17) is 14.7 Å². The van der Waals surface area contributed by atoms with Crippen molar-refractivity contribution in [1.82, 2.24) is 9.97 Å². The van der Waals surface area contributed by atoms with E-state index in [1.54, 1.807) is 0 Å². The van der Waals surface area contributed by atoms with Crippen LogP contribution in [0.25, 0.3) is 10.2 Å². The Morgan fingerprint density at radius 2 is 2.12 bits per heavy atom. The van der Waals surface area contributed by atoms with Crippen LogP contribution in [0.15, 0.2) is 5.03 Å². The van der Waals surface area contributed by atoms with Crippen LogP contribution >= 0.6 is 23.1 Å². The monoisotopic (exact) mass is 376 g/mol. The Balaban J connectivity index is 1.69. The van der Waals surface area contributed by atoms with Crippen LogP contribution in [0, 0.1) is 5.92 Å². The fraction of sp³-hybridized carbons (Fsp3) is 0.632. The summed E-state index contributed by atoms with van der Waals surface area (Å²) < 4.78 is 5.28. The third-order valence-corrected chi connectivity index (χ3v) is 6.87. The van der Waals surface area contributed by atoms with E-state index >= 15 is 0 Å². The lowest BCUT2D eigenvalue weighted by molar-refractivity contribution is -0.144. The number of carbonyl (C=O) groups is 1. The Bertz CT molecular complexity index is 811. The second-order valence-electron chi connectivity index (χ2n) is 7.52. The Morgan fingerprint density at radius 1 is 1.32 bits per heavy atom. The smallest absolute Gasteiger partial charge is 0.316 e. The molecule has 0 radical (unpaired) electrons. The van der Waals surface area contributed by atoms with E-state index in [1.165, 1.54) is 46.9 Å². The molecule has 0 spiro atoms. The van der Waals surface area contributed by atoms with Crippen molar-refractivity contribution in [2.45, 2.75) is 69.9 Å². The van der Waals surface area contributed by atoms with Crippen molar-refractivity contribution < 1.29 is 9.53 Å². The first-order chi connectivity index (χ1) is 12.0. The first-order valence-corrected chi connectivity index (χ1v) is 11.0. The largest absolute Gasteiger partial charge is 0.462 e. The van der Waals surface area contributed by atoms with Gasteiger partial charge in [-0.15, -0.1) is 11.3 Å². The van der Waals surface area contributed by atoms with Gasteiger partial charge in [0.25, 0.3) is 0 Å². The van der Waals surface area contributed by atoms with Crippen LogP contribution in [0.1, 0.15) is 62.2 Å². The molecular formula is C19H24N2O2S2. The van der Waals surface area contributed by atoms with Crippen LogP contribution < -0.4 is 0 Å². The quantitative estimate of drug-likeness (QED) is 0.429. The topological polar surface area (TPSA) is 52.1 Å². The molecule has 4 nitrogen and oxygen atoms in total. The van der Waals surface area contributed by atoms with Gasteiger partial charge in [0, 0.05) is 16.2 Å². The maximum atomic E-state index is 12.0. The fourth-order valence-electron chi connectivity index (χ4n) is 3.38. The van der Waals surface area contributed by atoms with Gasteiger partial charge < -0.3 is 4.74 Å². The number of aromatic nitrogens is 2. The molecule has 0 bridgehead atoms. The average Bonchev–Trinajstić information content (AvgIpc) is 3.32. The SMILES string of the molecule is CC(C)OC(=O)CSc1nc(C2CC2)nc2sc3c(c12)CC[C@@H](C)C3. The number of rotatable bonds is 5. The summed E-state index contributed by atoms with van der Waals surface area (Å²) in [6, 6.07) is 0. The highest BCUT2D eigenvalue weighted by atomic mass is 32.2. The number of thioether (sulfide) groups is 1. The Hall–Kier alpha value is -1.14. The minimum absolute atomic E-state index is 0.0732. The molecule has 2 aromatic heterocycles. The number of ether oxygens (including phenoxy) is 1. The number of hydrogen-bond acceptors (Lipinski definition) is 6. The molecule has 1 saturated carbocycles. The predicted molar refractivity (Wildman–Crippen MR) is 103 cm³/mol. The number of esters is 1. The van der Waals surface area contributed by atoms with Crippen molar-refractivity contribution in [1.29, 1.82) is 0 Å². The molecule has 6 heteroatoms. The highest BCUT2D eigenvalue weighted by Crippen LogP contribution is 2.44. The van der Waals surface area contributed by atoms with Gasteiger partial charge in [0.05, 0.1) is 11.9 Å². The predicted octanol–water partition coefficient (Wildman–Crippen LogP) is 4.74. The summed E-state index contributed by atoms with van der Waals surface area (Å²) in [5.74, 6) is 2.38. The second kappa shape index (κ2) is 6.88. The Kier molecular flexibility index (Phi) is 4.75. The maximum Gasteiger partial charge on any atom is 0.316 e. The molecule has 0 aliphatic heterocycles.